The van der Waals surface area contributed by atoms with E-state index in [1.807, 2.05) is 13.0 Å². The maximum absolute atomic E-state index is 5.63. The van der Waals surface area contributed by atoms with Gasteiger partial charge in [-0.3, -0.25) is 0 Å². The minimum Gasteiger partial charge on any atom is -0.469 e. The smallest absolute Gasteiger partial charge is 0.151 e. The summed E-state index contributed by atoms with van der Waals surface area (Å²) in [5.41, 5.74) is 0.994. The van der Waals surface area contributed by atoms with Crippen LogP contribution < -0.4 is 0 Å². The van der Waals surface area contributed by atoms with E-state index in [4.69, 9.17) is 16.0 Å². The normalized spacial score (nSPS) is 10.6. The van der Waals surface area contributed by atoms with Crippen LogP contribution in [0.2, 0.25) is 0 Å². The van der Waals surface area contributed by atoms with Crippen molar-refractivity contribution in [1.82, 2.24) is 10.2 Å². The van der Waals surface area contributed by atoms with Gasteiger partial charge in [0.05, 0.1) is 17.7 Å². The molecule has 0 bridgehead atoms. The Kier molecular flexibility index (Phi) is 2.33. The minimum atomic E-state index is 0.411. The first-order valence-corrected chi connectivity index (χ1v) is 5.09. The van der Waals surface area contributed by atoms with E-state index in [0.717, 1.165) is 21.3 Å². The van der Waals surface area contributed by atoms with Crippen LogP contribution in [-0.4, -0.2) is 10.2 Å². The Bertz CT molecular complexity index is 410. The standard InChI is InChI=1S/C8H7ClN2OS/c1-5-6(2-3-12-5)8-11-10-7(4-9)13-8/h2-3H,4H2,1H3. The largest absolute Gasteiger partial charge is 0.469 e. The molecule has 0 unspecified atom stereocenters. The summed E-state index contributed by atoms with van der Waals surface area (Å²) in [7, 11) is 0. The van der Waals surface area contributed by atoms with E-state index in [1.54, 1.807) is 6.26 Å². The molecule has 0 aliphatic carbocycles. The van der Waals surface area contributed by atoms with Gasteiger partial charge in [0, 0.05) is 0 Å². The molecule has 0 radical (unpaired) electrons. The molecule has 3 nitrogen and oxygen atoms in total. The van der Waals surface area contributed by atoms with Crippen LogP contribution in [0.5, 0.6) is 0 Å². The zero-order valence-corrected chi connectivity index (χ0v) is 8.52. The predicted molar refractivity (Wildman–Crippen MR) is 51.9 cm³/mol. The molecular formula is C8H7ClN2OS. The molecule has 13 heavy (non-hydrogen) atoms. The number of aromatic nitrogens is 2. The molecule has 0 saturated carbocycles. The van der Waals surface area contributed by atoms with Crippen LogP contribution in [0.1, 0.15) is 10.8 Å². The van der Waals surface area contributed by atoms with Crippen molar-refractivity contribution in [2.75, 3.05) is 0 Å². The predicted octanol–water partition coefficient (Wildman–Crippen LogP) is 2.85. The molecule has 0 aliphatic heterocycles. The Labute approximate surface area is 84.4 Å². The van der Waals surface area contributed by atoms with Gasteiger partial charge in [-0.2, -0.15) is 0 Å². The summed E-state index contributed by atoms with van der Waals surface area (Å²) in [4.78, 5) is 0. The van der Waals surface area contributed by atoms with Crippen molar-refractivity contribution in [3.05, 3.63) is 23.1 Å². The van der Waals surface area contributed by atoms with E-state index < -0.39 is 0 Å². The second-order valence-corrected chi connectivity index (χ2v) is 3.85. The topological polar surface area (TPSA) is 38.9 Å². The maximum atomic E-state index is 5.63. The van der Waals surface area contributed by atoms with Crippen molar-refractivity contribution in [1.29, 1.82) is 0 Å². The van der Waals surface area contributed by atoms with Crippen LogP contribution in [0.25, 0.3) is 10.6 Å². The fourth-order valence-corrected chi connectivity index (χ4v) is 2.00. The van der Waals surface area contributed by atoms with Gasteiger partial charge < -0.3 is 4.42 Å². The third-order valence-corrected chi connectivity index (χ3v) is 3.04. The SMILES string of the molecule is Cc1occc1-c1nnc(CCl)s1. The average Bonchev–Trinajstić information content (AvgIpc) is 2.71. The van der Waals surface area contributed by atoms with Crippen molar-refractivity contribution >= 4 is 22.9 Å². The third-order valence-electron chi connectivity index (χ3n) is 1.67. The maximum Gasteiger partial charge on any atom is 0.151 e. The van der Waals surface area contributed by atoms with Crippen molar-refractivity contribution in [3.8, 4) is 10.6 Å². The Balaban J connectivity index is 2.41. The summed E-state index contributed by atoms with van der Waals surface area (Å²) in [6.45, 7) is 1.90. The molecule has 0 amide bonds. The second-order valence-electron chi connectivity index (χ2n) is 2.53. The summed E-state index contributed by atoms with van der Waals surface area (Å²) in [6, 6.07) is 1.88. The van der Waals surface area contributed by atoms with Crippen molar-refractivity contribution in [3.63, 3.8) is 0 Å². The highest BCUT2D eigenvalue weighted by atomic mass is 35.5. The molecular weight excluding hydrogens is 208 g/mol. The van der Waals surface area contributed by atoms with Crippen LogP contribution in [0, 0.1) is 6.92 Å². The summed E-state index contributed by atoms with van der Waals surface area (Å²) < 4.78 is 5.17. The van der Waals surface area contributed by atoms with Gasteiger partial charge in [-0.05, 0) is 13.0 Å². The fourth-order valence-electron chi connectivity index (χ4n) is 1.02. The lowest BCUT2D eigenvalue weighted by Gasteiger charge is -1.88. The molecule has 0 fully saturated rings. The molecule has 0 aromatic carbocycles. The molecule has 0 N–H and O–H groups in total. The van der Waals surface area contributed by atoms with Gasteiger partial charge in [-0.1, -0.05) is 11.3 Å². The molecule has 0 saturated heterocycles. The van der Waals surface area contributed by atoms with E-state index in [1.165, 1.54) is 11.3 Å². The summed E-state index contributed by atoms with van der Waals surface area (Å²) in [5.74, 6) is 1.27. The molecule has 2 aromatic heterocycles. The van der Waals surface area contributed by atoms with Crippen molar-refractivity contribution < 1.29 is 4.42 Å². The first kappa shape index (κ1) is 8.72. The van der Waals surface area contributed by atoms with E-state index in [9.17, 15) is 0 Å². The Morgan fingerprint density at radius 2 is 2.38 bits per heavy atom. The quantitative estimate of drug-likeness (QED) is 0.722. The van der Waals surface area contributed by atoms with Gasteiger partial charge in [0.15, 0.2) is 5.01 Å². The van der Waals surface area contributed by atoms with Gasteiger partial charge >= 0.3 is 0 Å². The first-order valence-electron chi connectivity index (χ1n) is 3.74. The molecule has 2 rings (SSSR count). The van der Waals surface area contributed by atoms with Crippen molar-refractivity contribution in [2.45, 2.75) is 12.8 Å². The molecule has 5 heteroatoms. The zero-order valence-electron chi connectivity index (χ0n) is 6.95. The lowest BCUT2D eigenvalue weighted by molar-refractivity contribution is 0.535. The number of aryl methyl sites for hydroxylation is 1. The van der Waals surface area contributed by atoms with Gasteiger partial charge in [0.1, 0.15) is 10.8 Å². The molecule has 0 spiro atoms. The monoisotopic (exact) mass is 214 g/mol. The highest BCUT2D eigenvalue weighted by molar-refractivity contribution is 7.14. The van der Waals surface area contributed by atoms with Crippen LogP contribution in [0.4, 0.5) is 0 Å². The van der Waals surface area contributed by atoms with Gasteiger partial charge in [0.2, 0.25) is 0 Å². The molecule has 68 valence electrons. The number of furan rings is 1. The van der Waals surface area contributed by atoms with Crippen molar-refractivity contribution in [2.24, 2.45) is 0 Å². The molecule has 0 atom stereocenters. The Morgan fingerprint density at radius 3 is 2.92 bits per heavy atom. The van der Waals surface area contributed by atoms with Gasteiger partial charge in [-0.15, -0.1) is 21.8 Å². The molecule has 0 aliphatic rings. The first-order chi connectivity index (χ1) is 6.31. The van der Waals surface area contributed by atoms with Crippen LogP contribution in [-0.2, 0) is 5.88 Å². The lowest BCUT2D eigenvalue weighted by Crippen LogP contribution is -1.76. The van der Waals surface area contributed by atoms with E-state index in [0.29, 0.717) is 5.88 Å². The fraction of sp³-hybridized carbons (Fsp3) is 0.250. The second kappa shape index (κ2) is 3.47. The number of hydrogen-bond acceptors (Lipinski definition) is 4. The minimum absolute atomic E-state index is 0.411. The number of rotatable bonds is 2. The third kappa shape index (κ3) is 1.59. The summed E-state index contributed by atoms with van der Waals surface area (Å²) >= 11 is 7.12. The summed E-state index contributed by atoms with van der Waals surface area (Å²) in [5, 5.41) is 9.63. The van der Waals surface area contributed by atoms with E-state index in [2.05, 4.69) is 10.2 Å². The van der Waals surface area contributed by atoms with Crippen LogP contribution in [0.15, 0.2) is 16.7 Å². The van der Waals surface area contributed by atoms with Crippen LogP contribution in [0.3, 0.4) is 0 Å². The Hall–Kier alpha value is -0.870. The Morgan fingerprint density at radius 1 is 1.54 bits per heavy atom. The number of nitrogens with zero attached hydrogens (tertiary/aromatic N) is 2. The number of halogens is 1. The molecule has 2 heterocycles. The van der Waals surface area contributed by atoms with E-state index in [-0.39, 0.29) is 0 Å². The lowest BCUT2D eigenvalue weighted by atomic mass is 10.3. The zero-order chi connectivity index (χ0) is 9.26. The summed E-state index contributed by atoms with van der Waals surface area (Å²) in [6.07, 6.45) is 1.65. The molecule has 2 aromatic rings. The average molecular weight is 215 g/mol. The number of alkyl halides is 1. The highest BCUT2D eigenvalue weighted by Crippen LogP contribution is 2.27. The van der Waals surface area contributed by atoms with Gasteiger partial charge in [0.25, 0.3) is 0 Å². The van der Waals surface area contributed by atoms with E-state index >= 15 is 0 Å². The van der Waals surface area contributed by atoms with Gasteiger partial charge in [-0.25, -0.2) is 0 Å². The highest BCUT2D eigenvalue weighted by Gasteiger charge is 2.09. The number of hydrogen-bond donors (Lipinski definition) is 0. The van der Waals surface area contributed by atoms with Crippen LogP contribution >= 0.6 is 22.9 Å².